The van der Waals surface area contributed by atoms with E-state index in [4.69, 9.17) is 58.4 Å². The molecular weight excluding hydrogens is 1560 g/mol. The van der Waals surface area contributed by atoms with Crippen molar-refractivity contribution in [2.45, 2.75) is 161 Å². The number of ether oxygens (including phenoxy) is 5. The highest BCUT2D eigenvalue weighted by molar-refractivity contribution is 7.90. The minimum atomic E-state index is -4.90. The fourth-order valence-electron chi connectivity index (χ4n) is 17.1. The third-order valence-electron chi connectivity index (χ3n) is 22.5. The molecule has 13 unspecified atom stereocenters. The van der Waals surface area contributed by atoms with Crippen LogP contribution in [0.4, 0.5) is 0 Å². The van der Waals surface area contributed by atoms with Crippen LogP contribution in [0.3, 0.4) is 0 Å². The van der Waals surface area contributed by atoms with Gasteiger partial charge < -0.3 is 119 Å². The van der Waals surface area contributed by atoms with Gasteiger partial charge in [-0.1, -0.05) is 61.3 Å². The predicted molar refractivity (Wildman–Crippen MR) is 405 cm³/mol. The van der Waals surface area contributed by atoms with Crippen LogP contribution in [0.5, 0.6) is 40.2 Å². The van der Waals surface area contributed by atoms with Gasteiger partial charge in [-0.05, 0) is 193 Å². The number of aliphatic hydroxyl groups is 7. The second kappa shape index (κ2) is 32.7. The van der Waals surface area contributed by atoms with E-state index in [0.717, 1.165) is 80.6 Å². The molecule has 6 aliphatic heterocycles. The molecule has 1 saturated heterocycles. The fourth-order valence-corrected chi connectivity index (χ4v) is 18.5. The van der Waals surface area contributed by atoms with E-state index in [1.54, 1.807) is 13.8 Å². The normalized spacial score (nSPS) is 28.8. The Kier molecular flexibility index (Phi) is 23.2. The standard InChI is InChI=1S/C78H87Cl2N11O23S/c1-31(2)16-49(83-3)70(99)89-62-64(94)35-5-12-51(47(79)23-35)111-53-25-39-26-54(69(53)114-77-68(98)67(97)66(96)55(30-82)113-77)112-52-13-6-36(24-48(52)80)65(95)63-76(105)88-61(74(103)85-58-37-18-32-17-33(20-37)21-38(58)19-32)44-27-40(92)28-46-57(44)43-22-34(4-11-45(43)78(46,106)107)59(72(101)90-63)87-73(102)60(39)86-71(100)50(84-75(62)104)29-56(93)91-115(108,109)42-9-7-41(8-10-42)110-15-14-81/h4-13,22-28,31-33,37-38,49-50,55,58-68,77,83,92,94-98,106-107H,14-21,29-30,81-82H2,1-3H3,(H,84,104)(H,85,103)(H,86,100)(H,87,102)(H,88,105)(H,89,99)(H,90,101)(H,91,93)/t32?,33?,37?,38?,49?,50?,55?,58?,59?,60?,61-,62?,63?,64?,65?,66?,67?,68?,77?/m0/s1. The number of fused-ring (bicyclic) bond motifs is 12. The molecule has 6 aromatic carbocycles. The Morgan fingerprint density at radius 1 is 0.652 bits per heavy atom. The molecule has 14 atom stereocenters. The largest absolute Gasteiger partial charge is 0.508 e. The summed E-state index contributed by atoms with van der Waals surface area (Å²) in [5, 5.41) is 116. The predicted octanol–water partition coefficient (Wildman–Crippen LogP) is 1.14. The molecule has 0 spiro atoms. The number of phenolic OH excluding ortho intramolecular Hbond substituents is 1. The number of halogens is 2. The van der Waals surface area contributed by atoms with Crippen molar-refractivity contribution in [3.8, 4) is 51.4 Å². The number of rotatable bonds is 17. The first-order valence-electron chi connectivity index (χ1n) is 37.5. The van der Waals surface area contributed by atoms with E-state index in [-0.39, 0.29) is 105 Å². The van der Waals surface area contributed by atoms with E-state index in [1.165, 1.54) is 61.6 Å². The molecule has 0 radical (unpaired) electrons. The third-order valence-corrected chi connectivity index (χ3v) is 24.5. The van der Waals surface area contributed by atoms with Gasteiger partial charge in [0.2, 0.25) is 65.1 Å². The number of likely N-dealkylation sites (N-methyl/N-ethyl adjacent to an activating group) is 1. The highest BCUT2D eigenvalue weighted by Gasteiger charge is 2.52. The topological polar surface area (TPSA) is 539 Å². The van der Waals surface area contributed by atoms with Gasteiger partial charge in [0.25, 0.3) is 10.0 Å². The first-order valence-corrected chi connectivity index (χ1v) is 39.7. The summed E-state index contributed by atoms with van der Waals surface area (Å²) < 4.78 is 61.2. The van der Waals surface area contributed by atoms with Crippen LogP contribution < -0.4 is 77.7 Å². The van der Waals surface area contributed by atoms with Crippen molar-refractivity contribution in [2.75, 3.05) is 26.7 Å². The summed E-state index contributed by atoms with van der Waals surface area (Å²) in [6.07, 6.45) is -10.5. The maximum absolute atomic E-state index is 16.5. The van der Waals surface area contributed by atoms with Crippen molar-refractivity contribution >= 4 is 80.5 Å². The summed E-state index contributed by atoms with van der Waals surface area (Å²) in [4.78, 5) is 123. The maximum Gasteiger partial charge on any atom is 0.264 e. The number of benzene rings is 6. The van der Waals surface area contributed by atoms with Gasteiger partial charge in [-0.25, -0.2) is 13.1 Å². The Bertz CT molecular complexity index is 4960. The summed E-state index contributed by atoms with van der Waals surface area (Å²) in [5.74, 6) is -15.3. The number of aromatic hydroxyl groups is 1. The van der Waals surface area contributed by atoms with Crippen LogP contribution in [0, 0.1) is 29.6 Å². The zero-order chi connectivity index (χ0) is 82.1. The molecule has 8 amide bonds. The molecule has 34 nitrogen and oxygen atoms in total. The van der Waals surface area contributed by atoms with Gasteiger partial charge in [-0.15, -0.1) is 0 Å². The molecule has 612 valence electrons. The number of sulfonamides is 1. The molecule has 115 heavy (non-hydrogen) atoms. The Hall–Kier alpha value is -9.83. The molecule has 4 saturated carbocycles. The molecule has 6 heterocycles. The quantitative estimate of drug-likeness (QED) is 0.0569. The lowest BCUT2D eigenvalue weighted by molar-refractivity contribution is -0.270. The molecule has 37 heteroatoms. The number of phenols is 1. The summed E-state index contributed by atoms with van der Waals surface area (Å²) in [5.41, 5.74) is 9.30. The first kappa shape index (κ1) is 81.7. The fraction of sp³-hybridized carbons (Fsp3) is 0.436. The zero-order valence-electron chi connectivity index (χ0n) is 62.0. The maximum atomic E-state index is 16.5. The van der Waals surface area contributed by atoms with Crippen molar-refractivity contribution in [3.05, 3.63) is 152 Å². The molecule has 6 aromatic rings. The van der Waals surface area contributed by atoms with Crippen molar-refractivity contribution in [1.29, 1.82) is 0 Å². The first-order chi connectivity index (χ1) is 54.7. The Labute approximate surface area is 667 Å². The van der Waals surface area contributed by atoms with Crippen molar-refractivity contribution in [3.63, 3.8) is 0 Å². The van der Waals surface area contributed by atoms with Gasteiger partial charge in [0.1, 0.15) is 102 Å². The molecule has 5 aliphatic carbocycles. The van der Waals surface area contributed by atoms with Crippen molar-refractivity contribution in [2.24, 2.45) is 41.1 Å². The lowest BCUT2D eigenvalue weighted by Crippen LogP contribution is -2.60. The number of amides is 8. The minimum absolute atomic E-state index is 0.0551. The summed E-state index contributed by atoms with van der Waals surface area (Å²) in [6, 6.07) is 4.90. The Balaban J connectivity index is 0.958. The molecule has 5 fully saturated rings. The Morgan fingerprint density at radius 2 is 1.26 bits per heavy atom. The molecule has 11 aliphatic rings. The van der Waals surface area contributed by atoms with Crippen LogP contribution in [0.15, 0.2) is 108 Å². The summed E-state index contributed by atoms with van der Waals surface area (Å²) in [6.45, 7) is 3.30. The summed E-state index contributed by atoms with van der Waals surface area (Å²) in [7, 11) is -3.44. The second-order valence-electron chi connectivity index (χ2n) is 30.8. The smallest absolute Gasteiger partial charge is 0.264 e. The van der Waals surface area contributed by atoms with Gasteiger partial charge >= 0.3 is 0 Å². The highest BCUT2D eigenvalue weighted by Crippen LogP contribution is 2.56. The zero-order valence-corrected chi connectivity index (χ0v) is 64.3. The van der Waals surface area contributed by atoms with Gasteiger partial charge in [-0.3, -0.25) is 38.4 Å². The van der Waals surface area contributed by atoms with E-state index >= 15 is 28.8 Å². The number of nitrogens with two attached hydrogens (primary N) is 2. The average molecular weight is 1650 g/mol. The van der Waals surface area contributed by atoms with Gasteiger partial charge in [0.05, 0.1) is 27.4 Å². The molecule has 21 N–H and O–H groups in total. The number of nitrogens with one attached hydrogen (secondary N) is 9. The monoisotopic (exact) mass is 1650 g/mol. The van der Waals surface area contributed by atoms with E-state index in [0.29, 0.717) is 11.8 Å². The third kappa shape index (κ3) is 16.3. The van der Waals surface area contributed by atoms with Crippen LogP contribution >= 0.6 is 23.2 Å². The highest BCUT2D eigenvalue weighted by atomic mass is 35.5. The summed E-state index contributed by atoms with van der Waals surface area (Å²) >= 11 is 14.3. The van der Waals surface area contributed by atoms with Crippen LogP contribution in [0.2, 0.25) is 10.0 Å². The van der Waals surface area contributed by atoms with Crippen LogP contribution in [-0.2, 0) is 58.9 Å². The van der Waals surface area contributed by atoms with Crippen molar-refractivity contribution in [1.82, 2.24) is 47.3 Å². The van der Waals surface area contributed by atoms with E-state index in [1.807, 2.05) is 4.72 Å². The lowest BCUT2D eigenvalue weighted by Gasteiger charge is -2.54. The Morgan fingerprint density at radius 3 is 1.87 bits per heavy atom. The number of hydrogen-bond donors (Lipinski definition) is 19. The van der Waals surface area contributed by atoms with Gasteiger partial charge in [0, 0.05) is 30.3 Å². The molecular formula is C78H87Cl2N11O23S. The number of carbonyl (C=O) groups excluding carboxylic acids is 8. The van der Waals surface area contributed by atoms with Gasteiger partial charge in [-0.2, -0.15) is 0 Å². The minimum Gasteiger partial charge on any atom is -0.508 e. The number of hydrogen-bond acceptors (Lipinski definition) is 26. The van der Waals surface area contributed by atoms with E-state index < -0.39 is 205 Å². The average Bonchev–Trinajstić information content (AvgIpc) is 1.56. The van der Waals surface area contributed by atoms with Crippen LogP contribution in [0.25, 0.3) is 11.1 Å². The lowest BCUT2D eigenvalue weighted by atomic mass is 9.54. The van der Waals surface area contributed by atoms with Crippen LogP contribution in [-0.4, -0.2) is 184 Å². The molecule has 17 rings (SSSR count). The van der Waals surface area contributed by atoms with Crippen molar-refractivity contribution < 1.29 is 111 Å². The second-order valence-corrected chi connectivity index (χ2v) is 33.3. The number of carbonyl (C=O) groups is 8. The van der Waals surface area contributed by atoms with E-state index in [9.17, 15) is 58.9 Å². The SMILES string of the molecule is CNC(CC(C)C)C(=O)NC1C(=O)NC(CC(=O)NS(=O)(=O)c2ccc(OCCN)cc2)C(=O)NC2C(=O)NC3C(=O)NC(C(=O)N[C@H](C(=O)NC4C5CC6CC(C5)CC4C6)c4cc(O)cc5c4-c4cc3ccc4C5(O)O)C(O)c3ccc(c(Cl)c3)Oc3cc2cc(c3OC2OC(CN)C(O)C(O)C2O)Oc2ccc(cc2Cl)C1O. The molecule has 0 aromatic heterocycles. The van der Waals surface area contributed by atoms with Gasteiger partial charge in [0.15, 0.2) is 11.5 Å². The van der Waals surface area contributed by atoms with E-state index in [2.05, 4.69) is 42.5 Å². The van der Waals surface area contributed by atoms with Crippen LogP contribution in [0.1, 0.15) is 128 Å². The number of aliphatic hydroxyl groups excluding tert-OH is 5. The molecule has 15 bridgehead atoms.